The molecule has 0 unspecified atom stereocenters. The average Bonchev–Trinajstić information content (AvgIpc) is 2.73. The fourth-order valence-corrected chi connectivity index (χ4v) is 1.27. The van der Waals surface area contributed by atoms with E-state index in [1.807, 2.05) is 0 Å². The van der Waals surface area contributed by atoms with Crippen LogP contribution >= 0.6 is 0 Å². The van der Waals surface area contributed by atoms with Crippen LogP contribution in [0.1, 0.15) is 16.2 Å². The maximum Gasteiger partial charge on any atom is 0.256 e. The maximum atomic E-state index is 13.2. The van der Waals surface area contributed by atoms with Gasteiger partial charge >= 0.3 is 0 Å². The Bertz CT molecular complexity index is 539. The second kappa shape index (κ2) is 4.69. The van der Waals surface area contributed by atoms with Crippen molar-refractivity contribution in [1.82, 2.24) is 25.1 Å². The van der Waals surface area contributed by atoms with E-state index in [9.17, 15) is 9.18 Å². The molecule has 0 saturated carbocycles. The number of amides is 1. The summed E-state index contributed by atoms with van der Waals surface area (Å²) in [6, 6.07) is 2.86. The number of carbonyl (C=O) groups excluding carboxylic acids is 1. The van der Waals surface area contributed by atoms with Crippen LogP contribution in [0.15, 0.2) is 24.7 Å². The van der Waals surface area contributed by atoms with Gasteiger partial charge in [0.05, 0.1) is 12.1 Å². The summed E-state index contributed by atoms with van der Waals surface area (Å²) in [6.45, 7) is 0.147. The van der Waals surface area contributed by atoms with Crippen molar-refractivity contribution < 1.29 is 9.18 Å². The number of aromatic nitrogens is 4. The molecule has 0 atom stereocenters. The number of nitrogens with zero attached hydrogens (tertiary/aromatic N) is 4. The van der Waals surface area contributed by atoms with Crippen molar-refractivity contribution in [1.29, 1.82) is 0 Å². The lowest BCUT2D eigenvalue weighted by molar-refractivity contribution is 0.0945. The highest BCUT2D eigenvalue weighted by molar-refractivity contribution is 5.93. The summed E-state index contributed by atoms with van der Waals surface area (Å²) in [5.74, 6) is -0.868. The van der Waals surface area contributed by atoms with Crippen molar-refractivity contribution in [3.05, 3.63) is 42.0 Å². The normalized spacial score (nSPS) is 10.2. The molecule has 0 aliphatic carbocycles. The highest BCUT2D eigenvalue weighted by atomic mass is 19.1. The van der Waals surface area contributed by atoms with Gasteiger partial charge in [-0.05, 0) is 12.1 Å². The number of hydrogen-bond acceptors (Lipinski definition) is 4. The van der Waals surface area contributed by atoms with Gasteiger partial charge in [-0.1, -0.05) is 0 Å². The number of hydrogen-bond donors (Lipinski definition) is 1. The summed E-state index contributed by atoms with van der Waals surface area (Å²) in [6.07, 6.45) is 2.80. The molecule has 0 radical (unpaired) electrons. The predicted octanol–water partition coefficient (Wildman–Crippen LogP) is 0.279. The van der Waals surface area contributed by atoms with Gasteiger partial charge < -0.3 is 5.32 Å². The molecular formula is C10H10FN5O. The van der Waals surface area contributed by atoms with E-state index in [4.69, 9.17) is 0 Å². The summed E-state index contributed by atoms with van der Waals surface area (Å²) in [7, 11) is 1.72. The number of nitrogens with one attached hydrogen (secondary N) is 1. The summed E-state index contributed by atoms with van der Waals surface area (Å²) >= 11 is 0. The van der Waals surface area contributed by atoms with E-state index >= 15 is 0 Å². The minimum atomic E-state index is -0.793. The molecule has 2 rings (SSSR count). The van der Waals surface area contributed by atoms with Gasteiger partial charge in [0, 0.05) is 13.2 Å². The van der Waals surface area contributed by atoms with E-state index in [0.29, 0.717) is 5.82 Å². The van der Waals surface area contributed by atoms with Crippen LogP contribution in [-0.4, -0.2) is 25.7 Å². The Morgan fingerprint density at radius 2 is 2.35 bits per heavy atom. The molecule has 88 valence electrons. The van der Waals surface area contributed by atoms with Crippen LogP contribution in [0.3, 0.4) is 0 Å². The third-order valence-corrected chi connectivity index (χ3v) is 2.06. The zero-order chi connectivity index (χ0) is 12.3. The first-order chi connectivity index (χ1) is 8.16. The van der Waals surface area contributed by atoms with Crippen LogP contribution in [0.2, 0.25) is 0 Å². The van der Waals surface area contributed by atoms with E-state index in [2.05, 4.69) is 20.4 Å². The van der Waals surface area contributed by atoms with Gasteiger partial charge in [0.2, 0.25) is 5.95 Å². The topological polar surface area (TPSA) is 72.7 Å². The van der Waals surface area contributed by atoms with E-state index in [1.165, 1.54) is 29.3 Å². The third-order valence-electron chi connectivity index (χ3n) is 2.06. The molecule has 2 aromatic heterocycles. The Hall–Kier alpha value is -2.31. The van der Waals surface area contributed by atoms with Crippen LogP contribution in [0.5, 0.6) is 0 Å². The van der Waals surface area contributed by atoms with Crippen molar-refractivity contribution in [2.24, 2.45) is 7.05 Å². The van der Waals surface area contributed by atoms with Crippen molar-refractivity contribution >= 4 is 5.91 Å². The third kappa shape index (κ3) is 2.63. The zero-order valence-corrected chi connectivity index (χ0v) is 9.09. The summed E-state index contributed by atoms with van der Waals surface area (Å²) in [5, 5.41) is 6.49. The van der Waals surface area contributed by atoms with Gasteiger partial charge in [-0.2, -0.15) is 9.49 Å². The minimum Gasteiger partial charge on any atom is -0.345 e. The molecule has 0 aromatic carbocycles. The molecule has 2 heterocycles. The first kappa shape index (κ1) is 11.2. The Morgan fingerprint density at radius 1 is 1.53 bits per heavy atom. The van der Waals surface area contributed by atoms with E-state index in [1.54, 1.807) is 7.05 Å². The van der Waals surface area contributed by atoms with Gasteiger partial charge in [-0.3, -0.25) is 9.48 Å². The predicted molar refractivity (Wildman–Crippen MR) is 56.4 cm³/mol. The molecule has 7 heteroatoms. The summed E-state index contributed by atoms with van der Waals surface area (Å²) < 4.78 is 14.7. The molecule has 1 N–H and O–H groups in total. The van der Waals surface area contributed by atoms with Crippen LogP contribution in [0, 0.1) is 5.95 Å². The maximum absolute atomic E-state index is 13.2. The van der Waals surface area contributed by atoms with Gasteiger partial charge in [0.25, 0.3) is 5.91 Å². The van der Waals surface area contributed by atoms with Crippen molar-refractivity contribution in [3.63, 3.8) is 0 Å². The molecule has 0 aliphatic rings. The smallest absolute Gasteiger partial charge is 0.256 e. The molecule has 17 heavy (non-hydrogen) atoms. The number of halogens is 1. The van der Waals surface area contributed by atoms with Crippen LogP contribution < -0.4 is 5.32 Å². The monoisotopic (exact) mass is 235 g/mol. The number of rotatable bonds is 3. The Morgan fingerprint density at radius 3 is 3.00 bits per heavy atom. The molecule has 0 fully saturated rings. The quantitative estimate of drug-likeness (QED) is 0.775. The van der Waals surface area contributed by atoms with Crippen molar-refractivity contribution in [2.75, 3.05) is 0 Å². The zero-order valence-electron chi connectivity index (χ0n) is 9.09. The van der Waals surface area contributed by atoms with Crippen molar-refractivity contribution in [3.8, 4) is 0 Å². The van der Waals surface area contributed by atoms with Crippen LogP contribution in [0.25, 0.3) is 0 Å². The highest BCUT2D eigenvalue weighted by Crippen LogP contribution is 2.02. The number of pyridine rings is 1. The lowest BCUT2D eigenvalue weighted by Gasteiger charge is -2.02. The lowest BCUT2D eigenvalue weighted by atomic mass is 10.2. The Kier molecular flexibility index (Phi) is 3.08. The van der Waals surface area contributed by atoms with Gasteiger partial charge in [0.1, 0.15) is 6.33 Å². The van der Waals surface area contributed by atoms with Gasteiger partial charge in [0.15, 0.2) is 5.82 Å². The molecule has 0 spiro atoms. The Balaban J connectivity index is 2.01. The highest BCUT2D eigenvalue weighted by Gasteiger charge is 2.12. The average molecular weight is 235 g/mol. The fourth-order valence-electron chi connectivity index (χ4n) is 1.27. The van der Waals surface area contributed by atoms with Crippen LogP contribution in [0.4, 0.5) is 4.39 Å². The summed E-state index contributed by atoms with van der Waals surface area (Å²) in [5.41, 5.74) is -0.0940. The van der Waals surface area contributed by atoms with Crippen LogP contribution in [-0.2, 0) is 13.6 Å². The molecule has 6 nitrogen and oxygen atoms in total. The molecular weight excluding hydrogens is 225 g/mol. The largest absolute Gasteiger partial charge is 0.345 e. The first-order valence-electron chi connectivity index (χ1n) is 4.90. The van der Waals surface area contributed by atoms with Crippen molar-refractivity contribution in [2.45, 2.75) is 6.54 Å². The SMILES string of the molecule is Cn1cnc(CNC(=O)c2cccnc2F)n1. The second-order valence-electron chi connectivity index (χ2n) is 3.36. The Labute approximate surface area is 96.5 Å². The number of aryl methyl sites for hydroxylation is 1. The molecule has 0 aliphatic heterocycles. The van der Waals surface area contributed by atoms with E-state index in [0.717, 1.165) is 0 Å². The number of carbonyl (C=O) groups is 1. The second-order valence-corrected chi connectivity index (χ2v) is 3.36. The minimum absolute atomic E-state index is 0.0940. The standard InChI is InChI=1S/C10H10FN5O/c1-16-6-14-8(15-16)5-13-10(17)7-3-2-4-12-9(7)11/h2-4,6H,5H2,1H3,(H,13,17). The lowest BCUT2D eigenvalue weighted by Crippen LogP contribution is -2.24. The molecule has 0 saturated heterocycles. The van der Waals surface area contributed by atoms with E-state index in [-0.39, 0.29) is 12.1 Å². The fraction of sp³-hybridized carbons (Fsp3) is 0.200. The van der Waals surface area contributed by atoms with Gasteiger partial charge in [-0.15, -0.1) is 0 Å². The molecule has 1 amide bonds. The van der Waals surface area contributed by atoms with Gasteiger partial charge in [-0.25, -0.2) is 9.97 Å². The molecule has 2 aromatic rings. The molecule has 0 bridgehead atoms. The summed E-state index contributed by atoms with van der Waals surface area (Å²) in [4.78, 5) is 18.9. The first-order valence-corrected chi connectivity index (χ1v) is 4.90. The van der Waals surface area contributed by atoms with E-state index < -0.39 is 11.9 Å².